The summed E-state index contributed by atoms with van der Waals surface area (Å²) in [5.41, 5.74) is 7.05. The number of benzene rings is 1. The van der Waals surface area contributed by atoms with E-state index < -0.39 is 0 Å². The molecule has 20 heavy (non-hydrogen) atoms. The smallest absolute Gasteiger partial charge is 0.238 e. The highest BCUT2D eigenvalue weighted by Gasteiger charge is 2.29. The minimum atomic E-state index is -0.111. The van der Waals surface area contributed by atoms with Crippen molar-refractivity contribution in [2.24, 2.45) is 5.73 Å². The molecule has 5 nitrogen and oxygen atoms in total. The molecule has 2 rings (SSSR count). The van der Waals surface area contributed by atoms with E-state index in [2.05, 4.69) is 10.2 Å². The number of nitrogens with zero attached hydrogens (tertiary/aromatic N) is 1. The van der Waals surface area contributed by atoms with Crippen LogP contribution >= 0.6 is 0 Å². The largest absolute Gasteiger partial charge is 0.326 e. The number of carbonyl (C=O) groups is 2. The Morgan fingerprint density at radius 3 is 2.70 bits per heavy atom. The highest BCUT2D eigenvalue weighted by Crippen LogP contribution is 2.18. The zero-order valence-corrected chi connectivity index (χ0v) is 11.9. The summed E-state index contributed by atoms with van der Waals surface area (Å²) in [7, 11) is 0. The molecule has 3 N–H and O–H groups in total. The molecule has 1 aliphatic heterocycles. The van der Waals surface area contributed by atoms with Gasteiger partial charge in [-0.15, -0.1) is 0 Å². The van der Waals surface area contributed by atoms with Crippen LogP contribution in [0.5, 0.6) is 0 Å². The molecular weight excluding hydrogens is 254 g/mol. The Morgan fingerprint density at radius 2 is 2.10 bits per heavy atom. The Bertz CT molecular complexity index is 516. The van der Waals surface area contributed by atoms with Gasteiger partial charge in [-0.2, -0.15) is 0 Å². The minimum absolute atomic E-state index is 0.0579. The van der Waals surface area contributed by atoms with E-state index in [1.807, 2.05) is 6.92 Å². The van der Waals surface area contributed by atoms with Crippen LogP contribution in [0.3, 0.4) is 0 Å². The molecular formula is C15H21N3O2. The lowest BCUT2D eigenvalue weighted by Gasteiger charge is -2.22. The number of hydrogen-bond donors (Lipinski definition) is 2. The summed E-state index contributed by atoms with van der Waals surface area (Å²) in [4.78, 5) is 25.7. The van der Waals surface area contributed by atoms with Crippen LogP contribution < -0.4 is 11.1 Å². The van der Waals surface area contributed by atoms with Gasteiger partial charge in [-0.1, -0.05) is 12.1 Å². The Morgan fingerprint density at radius 1 is 1.40 bits per heavy atom. The lowest BCUT2D eigenvalue weighted by Crippen LogP contribution is -2.40. The van der Waals surface area contributed by atoms with Gasteiger partial charge in [0.05, 0.1) is 12.2 Å². The Kier molecular flexibility index (Phi) is 4.52. The van der Waals surface area contributed by atoms with Crippen LogP contribution in [-0.2, 0) is 4.79 Å². The second-order valence-corrected chi connectivity index (χ2v) is 5.31. The molecule has 0 radical (unpaired) electrons. The van der Waals surface area contributed by atoms with Crippen molar-refractivity contribution >= 4 is 17.4 Å². The molecule has 5 heteroatoms. The van der Waals surface area contributed by atoms with Crippen molar-refractivity contribution in [2.75, 3.05) is 18.4 Å². The number of amides is 1. The first-order valence-electron chi connectivity index (χ1n) is 6.88. The zero-order chi connectivity index (χ0) is 14.7. The fraction of sp³-hybridized carbons (Fsp3) is 0.467. The third kappa shape index (κ3) is 3.23. The maximum absolute atomic E-state index is 12.1. The highest BCUT2D eigenvalue weighted by atomic mass is 16.2. The number of para-hydroxylation sites is 1. The van der Waals surface area contributed by atoms with Gasteiger partial charge in [0, 0.05) is 24.2 Å². The molecule has 0 saturated carbocycles. The van der Waals surface area contributed by atoms with E-state index >= 15 is 0 Å². The highest BCUT2D eigenvalue weighted by molar-refractivity contribution is 6.04. The monoisotopic (exact) mass is 275 g/mol. The number of ketones is 1. The molecule has 1 saturated heterocycles. The van der Waals surface area contributed by atoms with E-state index in [0.29, 0.717) is 17.8 Å². The van der Waals surface area contributed by atoms with Gasteiger partial charge in [0.25, 0.3) is 0 Å². The number of rotatable bonds is 4. The van der Waals surface area contributed by atoms with Gasteiger partial charge >= 0.3 is 0 Å². The summed E-state index contributed by atoms with van der Waals surface area (Å²) in [6.07, 6.45) is 0.915. The molecule has 1 heterocycles. The maximum atomic E-state index is 12.1. The molecule has 0 aliphatic carbocycles. The topological polar surface area (TPSA) is 75.4 Å². The molecule has 0 aromatic heterocycles. The van der Waals surface area contributed by atoms with Crippen LogP contribution in [0.1, 0.15) is 30.6 Å². The van der Waals surface area contributed by atoms with Crippen molar-refractivity contribution < 1.29 is 9.59 Å². The van der Waals surface area contributed by atoms with Crippen LogP contribution in [0.2, 0.25) is 0 Å². The van der Waals surface area contributed by atoms with E-state index in [9.17, 15) is 9.59 Å². The fourth-order valence-corrected chi connectivity index (χ4v) is 2.53. The Hall–Kier alpha value is -1.72. The molecule has 108 valence electrons. The number of nitrogens with two attached hydrogens (primary N) is 1. The second-order valence-electron chi connectivity index (χ2n) is 5.31. The molecule has 0 spiro atoms. The van der Waals surface area contributed by atoms with E-state index in [1.165, 1.54) is 6.92 Å². The van der Waals surface area contributed by atoms with Gasteiger partial charge in [-0.25, -0.2) is 0 Å². The molecule has 1 aliphatic rings. The first-order valence-corrected chi connectivity index (χ1v) is 6.88. The van der Waals surface area contributed by atoms with Crippen LogP contribution in [0.15, 0.2) is 24.3 Å². The lowest BCUT2D eigenvalue weighted by molar-refractivity contribution is -0.117. The predicted octanol–water partition coefficient (Wildman–Crippen LogP) is 1.25. The van der Waals surface area contributed by atoms with Crippen LogP contribution in [0.4, 0.5) is 5.69 Å². The van der Waals surface area contributed by atoms with Crippen molar-refractivity contribution in [3.05, 3.63) is 29.8 Å². The summed E-state index contributed by atoms with van der Waals surface area (Å²) in [6.45, 7) is 4.67. The average molecular weight is 275 g/mol. The summed E-state index contributed by atoms with van der Waals surface area (Å²) < 4.78 is 0. The first kappa shape index (κ1) is 14.7. The van der Waals surface area contributed by atoms with E-state index in [-0.39, 0.29) is 23.8 Å². The number of nitrogens with one attached hydrogen (secondary N) is 1. The average Bonchev–Trinajstić information content (AvgIpc) is 2.71. The normalized spacial score (nSPS) is 22.8. The van der Waals surface area contributed by atoms with E-state index in [1.54, 1.807) is 24.3 Å². The molecule has 1 aromatic carbocycles. The Balaban J connectivity index is 2.00. The standard InChI is InChI=1S/C15H21N3O2/c1-10-13(16)7-8-18(10)9-15(20)17-14-6-4-3-5-12(14)11(2)19/h3-6,10,13H,7-9,16H2,1-2H3,(H,17,20). The second kappa shape index (κ2) is 6.15. The summed E-state index contributed by atoms with van der Waals surface area (Å²) in [6, 6.07) is 7.39. The molecule has 0 bridgehead atoms. The zero-order valence-electron chi connectivity index (χ0n) is 11.9. The molecule has 1 fully saturated rings. The van der Waals surface area contributed by atoms with Crippen molar-refractivity contribution in [3.63, 3.8) is 0 Å². The maximum Gasteiger partial charge on any atom is 0.238 e. The number of likely N-dealkylation sites (tertiary alicyclic amines) is 1. The third-order valence-corrected chi connectivity index (χ3v) is 3.87. The number of hydrogen-bond acceptors (Lipinski definition) is 4. The third-order valence-electron chi connectivity index (χ3n) is 3.87. The number of anilines is 1. The van der Waals surface area contributed by atoms with Gasteiger partial charge in [-0.3, -0.25) is 14.5 Å². The van der Waals surface area contributed by atoms with Crippen molar-refractivity contribution in [1.82, 2.24) is 4.90 Å². The van der Waals surface area contributed by atoms with Crippen molar-refractivity contribution in [2.45, 2.75) is 32.4 Å². The molecule has 2 atom stereocenters. The van der Waals surface area contributed by atoms with Crippen molar-refractivity contribution in [3.8, 4) is 0 Å². The van der Waals surface area contributed by atoms with E-state index in [0.717, 1.165) is 13.0 Å². The lowest BCUT2D eigenvalue weighted by atomic mass is 10.1. The van der Waals surface area contributed by atoms with Gasteiger partial charge in [0.2, 0.25) is 5.91 Å². The van der Waals surface area contributed by atoms with Gasteiger partial charge < -0.3 is 11.1 Å². The van der Waals surface area contributed by atoms with Crippen LogP contribution in [-0.4, -0.2) is 41.8 Å². The van der Waals surface area contributed by atoms with Crippen LogP contribution in [0, 0.1) is 0 Å². The van der Waals surface area contributed by atoms with Crippen LogP contribution in [0.25, 0.3) is 0 Å². The molecule has 1 aromatic rings. The summed E-state index contributed by atoms with van der Waals surface area (Å²) >= 11 is 0. The fourth-order valence-electron chi connectivity index (χ4n) is 2.53. The quantitative estimate of drug-likeness (QED) is 0.811. The van der Waals surface area contributed by atoms with Gasteiger partial charge in [0.15, 0.2) is 5.78 Å². The molecule has 2 unspecified atom stereocenters. The van der Waals surface area contributed by atoms with Gasteiger partial charge in [0.1, 0.15) is 0 Å². The Labute approximate surface area is 119 Å². The van der Waals surface area contributed by atoms with E-state index in [4.69, 9.17) is 5.73 Å². The summed E-state index contributed by atoms with van der Waals surface area (Å²) in [5.74, 6) is -0.169. The minimum Gasteiger partial charge on any atom is -0.326 e. The predicted molar refractivity (Wildman–Crippen MR) is 78.7 cm³/mol. The number of Topliss-reactive ketones (excluding diaryl/α,β-unsaturated/α-hetero) is 1. The first-order chi connectivity index (χ1) is 9.49. The SMILES string of the molecule is CC(=O)c1ccccc1NC(=O)CN1CCC(N)C1C. The summed E-state index contributed by atoms with van der Waals surface area (Å²) in [5, 5.41) is 2.81. The number of carbonyl (C=O) groups excluding carboxylic acids is 2. The van der Waals surface area contributed by atoms with Gasteiger partial charge in [-0.05, 0) is 32.4 Å². The van der Waals surface area contributed by atoms with Crippen molar-refractivity contribution in [1.29, 1.82) is 0 Å². The molecule has 1 amide bonds.